The highest BCUT2D eigenvalue weighted by Crippen LogP contribution is 2.31. The van der Waals surface area contributed by atoms with Crippen molar-refractivity contribution < 1.29 is 14.1 Å². The van der Waals surface area contributed by atoms with Crippen molar-refractivity contribution in [2.75, 3.05) is 13.2 Å². The zero-order chi connectivity index (χ0) is 15.5. The molecule has 2 aromatic rings. The van der Waals surface area contributed by atoms with Gasteiger partial charge in [-0.25, -0.2) is 4.79 Å². The standard InChI is InChI=1S/C16H15ClN2O3/c1-2-9-21-16(20)19-8-7-14-13(10-19)15(22-18-14)11-3-5-12(17)6-4-11/h2-6H,1,7-10H2. The Bertz CT molecular complexity index is 694. The third-order valence-corrected chi connectivity index (χ3v) is 3.78. The molecule has 1 aromatic carbocycles. The Hall–Kier alpha value is -2.27. The average molecular weight is 319 g/mol. The molecule has 3 rings (SSSR count). The first-order chi connectivity index (χ1) is 10.7. The lowest BCUT2D eigenvalue weighted by atomic mass is 10.0. The van der Waals surface area contributed by atoms with E-state index < -0.39 is 0 Å². The predicted octanol–water partition coefficient (Wildman–Crippen LogP) is 3.68. The number of benzene rings is 1. The summed E-state index contributed by atoms with van der Waals surface area (Å²) in [6, 6.07) is 7.34. The van der Waals surface area contributed by atoms with Crippen molar-refractivity contribution in [2.45, 2.75) is 13.0 Å². The number of hydrogen-bond donors (Lipinski definition) is 0. The molecular formula is C16H15ClN2O3. The summed E-state index contributed by atoms with van der Waals surface area (Å²) in [5.41, 5.74) is 2.70. The van der Waals surface area contributed by atoms with Crippen molar-refractivity contribution in [3.63, 3.8) is 0 Å². The van der Waals surface area contributed by atoms with Crippen molar-refractivity contribution in [3.05, 3.63) is 53.2 Å². The maximum Gasteiger partial charge on any atom is 0.410 e. The van der Waals surface area contributed by atoms with Gasteiger partial charge in [-0.2, -0.15) is 0 Å². The van der Waals surface area contributed by atoms with Gasteiger partial charge in [-0.15, -0.1) is 0 Å². The molecule has 0 fully saturated rings. The quantitative estimate of drug-likeness (QED) is 0.810. The highest BCUT2D eigenvalue weighted by Gasteiger charge is 2.28. The van der Waals surface area contributed by atoms with Gasteiger partial charge in [0.25, 0.3) is 0 Å². The minimum Gasteiger partial charge on any atom is -0.445 e. The molecule has 0 saturated carbocycles. The number of carbonyl (C=O) groups is 1. The second kappa shape index (κ2) is 6.23. The summed E-state index contributed by atoms with van der Waals surface area (Å²) in [6.45, 7) is 4.73. The van der Waals surface area contributed by atoms with Crippen LogP contribution in [0.15, 0.2) is 41.4 Å². The molecule has 0 bridgehead atoms. The van der Waals surface area contributed by atoms with Crippen LogP contribution in [0.4, 0.5) is 4.79 Å². The fourth-order valence-electron chi connectivity index (χ4n) is 2.42. The summed E-state index contributed by atoms with van der Waals surface area (Å²) in [5.74, 6) is 0.674. The number of rotatable bonds is 3. The lowest BCUT2D eigenvalue weighted by Gasteiger charge is -2.25. The molecule has 0 radical (unpaired) electrons. The molecule has 114 valence electrons. The summed E-state index contributed by atoms with van der Waals surface area (Å²) in [7, 11) is 0. The average Bonchev–Trinajstić information content (AvgIpc) is 2.96. The minimum atomic E-state index is -0.353. The Morgan fingerprint density at radius 3 is 2.95 bits per heavy atom. The van der Waals surface area contributed by atoms with Crippen LogP contribution in [0.2, 0.25) is 5.02 Å². The van der Waals surface area contributed by atoms with Crippen molar-refractivity contribution in [1.82, 2.24) is 10.1 Å². The van der Waals surface area contributed by atoms with Crippen molar-refractivity contribution in [3.8, 4) is 11.3 Å². The third-order valence-electron chi connectivity index (χ3n) is 3.53. The highest BCUT2D eigenvalue weighted by atomic mass is 35.5. The summed E-state index contributed by atoms with van der Waals surface area (Å²) < 4.78 is 10.5. The summed E-state index contributed by atoms with van der Waals surface area (Å²) >= 11 is 5.91. The Labute approximate surface area is 133 Å². The van der Waals surface area contributed by atoms with E-state index in [4.69, 9.17) is 20.9 Å². The van der Waals surface area contributed by atoms with Gasteiger partial charge in [0.05, 0.1) is 12.2 Å². The second-order valence-electron chi connectivity index (χ2n) is 4.98. The van der Waals surface area contributed by atoms with Gasteiger partial charge in [0.1, 0.15) is 6.61 Å². The van der Waals surface area contributed by atoms with E-state index in [-0.39, 0.29) is 12.7 Å². The molecule has 0 aliphatic carbocycles. The number of ether oxygens (including phenoxy) is 1. The Morgan fingerprint density at radius 2 is 2.23 bits per heavy atom. The Kier molecular flexibility index (Phi) is 4.15. The molecule has 0 spiro atoms. The van der Waals surface area contributed by atoms with E-state index in [9.17, 15) is 4.79 Å². The molecular weight excluding hydrogens is 304 g/mol. The molecule has 1 aliphatic rings. The Balaban J connectivity index is 1.84. The zero-order valence-electron chi connectivity index (χ0n) is 11.9. The highest BCUT2D eigenvalue weighted by molar-refractivity contribution is 6.30. The molecule has 2 heterocycles. The van der Waals surface area contributed by atoms with Crippen LogP contribution in [0, 0.1) is 0 Å². The minimum absolute atomic E-state index is 0.204. The van der Waals surface area contributed by atoms with Crippen LogP contribution < -0.4 is 0 Å². The maximum atomic E-state index is 12.0. The van der Waals surface area contributed by atoms with E-state index in [0.29, 0.717) is 30.3 Å². The van der Waals surface area contributed by atoms with Crippen LogP contribution in [0.25, 0.3) is 11.3 Å². The van der Waals surface area contributed by atoms with Gasteiger partial charge < -0.3 is 14.2 Å². The first-order valence-corrected chi connectivity index (χ1v) is 7.33. The maximum absolute atomic E-state index is 12.0. The van der Waals surface area contributed by atoms with Gasteiger partial charge >= 0.3 is 6.09 Å². The topological polar surface area (TPSA) is 55.6 Å². The summed E-state index contributed by atoms with van der Waals surface area (Å²) in [5, 5.41) is 4.77. The molecule has 0 N–H and O–H groups in total. The van der Waals surface area contributed by atoms with Crippen molar-refractivity contribution in [1.29, 1.82) is 0 Å². The van der Waals surface area contributed by atoms with Crippen LogP contribution in [0.1, 0.15) is 11.3 Å². The molecule has 1 amide bonds. The predicted molar refractivity (Wildman–Crippen MR) is 82.6 cm³/mol. The van der Waals surface area contributed by atoms with Gasteiger partial charge in [0.2, 0.25) is 0 Å². The van der Waals surface area contributed by atoms with Crippen LogP contribution in [-0.2, 0) is 17.7 Å². The number of amides is 1. The van der Waals surface area contributed by atoms with Crippen LogP contribution in [0.5, 0.6) is 0 Å². The molecule has 6 heteroatoms. The molecule has 1 aromatic heterocycles. The van der Waals surface area contributed by atoms with Crippen LogP contribution in [0.3, 0.4) is 0 Å². The molecule has 0 unspecified atom stereocenters. The van der Waals surface area contributed by atoms with Crippen molar-refractivity contribution in [2.24, 2.45) is 0 Å². The number of hydrogen-bond acceptors (Lipinski definition) is 4. The van der Waals surface area contributed by atoms with Crippen LogP contribution in [-0.4, -0.2) is 29.3 Å². The number of nitrogens with zero attached hydrogens (tertiary/aromatic N) is 2. The fraction of sp³-hybridized carbons (Fsp3) is 0.250. The van der Waals surface area contributed by atoms with E-state index in [1.165, 1.54) is 0 Å². The van der Waals surface area contributed by atoms with E-state index in [1.54, 1.807) is 23.1 Å². The largest absolute Gasteiger partial charge is 0.445 e. The molecule has 5 nitrogen and oxygen atoms in total. The first kappa shape index (κ1) is 14.7. The smallest absolute Gasteiger partial charge is 0.410 e. The van der Waals surface area contributed by atoms with Gasteiger partial charge in [-0.3, -0.25) is 0 Å². The number of halogens is 1. The van der Waals surface area contributed by atoms with E-state index in [2.05, 4.69) is 11.7 Å². The normalized spacial score (nSPS) is 13.6. The fourth-order valence-corrected chi connectivity index (χ4v) is 2.54. The third kappa shape index (κ3) is 2.85. The Morgan fingerprint density at radius 1 is 1.45 bits per heavy atom. The molecule has 1 aliphatic heterocycles. The summed E-state index contributed by atoms with van der Waals surface area (Å²) in [6.07, 6.45) is 1.84. The van der Waals surface area contributed by atoms with Crippen molar-refractivity contribution >= 4 is 17.7 Å². The van der Waals surface area contributed by atoms with Gasteiger partial charge in [-0.05, 0) is 24.3 Å². The number of aromatic nitrogens is 1. The monoisotopic (exact) mass is 318 g/mol. The van der Waals surface area contributed by atoms with Crippen LogP contribution >= 0.6 is 11.6 Å². The second-order valence-corrected chi connectivity index (χ2v) is 5.42. The van der Waals surface area contributed by atoms with Gasteiger partial charge in [-0.1, -0.05) is 29.4 Å². The van der Waals surface area contributed by atoms with Gasteiger partial charge in [0.15, 0.2) is 5.76 Å². The van der Waals surface area contributed by atoms with E-state index in [0.717, 1.165) is 16.8 Å². The molecule has 0 saturated heterocycles. The number of carbonyl (C=O) groups excluding carboxylic acids is 1. The molecule has 22 heavy (non-hydrogen) atoms. The lowest BCUT2D eigenvalue weighted by Crippen LogP contribution is -2.36. The number of fused-ring (bicyclic) bond motifs is 1. The molecule has 0 atom stereocenters. The first-order valence-electron chi connectivity index (χ1n) is 6.95. The summed E-state index contributed by atoms with van der Waals surface area (Å²) in [4.78, 5) is 13.6. The van der Waals surface area contributed by atoms with E-state index in [1.807, 2.05) is 12.1 Å². The SMILES string of the molecule is C=CCOC(=O)N1CCc2noc(-c3ccc(Cl)cc3)c2C1. The van der Waals surface area contributed by atoms with E-state index >= 15 is 0 Å². The van der Waals surface area contributed by atoms with Gasteiger partial charge in [0, 0.05) is 29.1 Å². The lowest BCUT2D eigenvalue weighted by molar-refractivity contribution is 0.107. The zero-order valence-corrected chi connectivity index (χ0v) is 12.7.